The quantitative estimate of drug-likeness (QED) is 0.746. The number of hydrogen-bond acceptors (Lipinski definition) is 4. The van der Waals surface area contributed by atoms with Crippen LogP contribution in [0.4, 0.5) is 0 Å². The Hall–Kier alpha value is -3.13. The number of allylic oxidation sites excluding steroid dienone is 1. The van der Waals surface area contributed by atoms with Crippen LogP contribution in [0.1, 0.15) is 16.8 Å². The van der Waals surface area contributed by atoms with Crippen LogP contribution in [0.5, 0.6) is 5.75 Å². The molecule has 0 saturated carbocycles. The van der Waals surface area contributed by atoms with E-state index in [4.69, 9.17) is 10.00 Å². The van der Waals surface area contributed by atoms with Gasteiger partial charge in [-0.25, -0.2) is 4.98 Å². The molecule has 0 atom stereocenters. The molecule has 112 valence electrons. The zero-order valence-electron chi connectivity index (χ0n) is 12.7. The number of imidazole rings is 1. The second-order valence-corrected chi connectivity index (χ2v) is 5.49. The van der Waals surface area contributed by atoms with Crippen molar-refractivity contribution in [2.75, 3.05) is 6.61 Å². The Morgan fingerprint density at radius 1 is 1.30 bits per heavy atom. The van der Waals surface area contributed by atoms with E-state index in [1.54, 1.807) is 6.20 Å². The summed E-state index contributed by atoms with van der Waals surface area (Å²) in [6.45, 7) is 0.0283. The lowest BCUT2D eigenvalue weighted by atomic mass is 10.0. The summed E-state index contributed by atoms with van der Waals surface area (Å²) < 4.78 is 7.39. The summed E-state index contributed by atoms with van der Waals surface area (Å²) >= 11 is 0. The van der Waals surface area contributed by atoms with Crippen LogP contribution in [0.15, 0.2) is 42.9 Å². The van der Waals surface area contributed by atoms with Crippen LogP contribution >= 0.6 is 0 Å². The van der Waals surface area contributed by atoms with Gasteiger partial charge in [0.25, 0.3) is 0 Å². The Balaban J connectivity index is 1.76. The molecule has 2 aromatic heterocycles. The Labute approximate surface area is 133 Å². The van der Waals surface area contributed by atoms with Gasteiger partial charge in [-0.2, -0.15) is 5.26 Å². The average molecular weight is 302 g/mol. The van der Waals surface area contributed by atoms with Crippen molar-refractivity contribution in [1.29, 1.82) is 5.26 Å². The van der Waals surface area contributed by atoms with Gasteiger partial charge < -0.3 is 9.30 Å². The Bertz CT molecular complexity index is 978. The number of rotatable bonds is 3. The Kier molecular flexibility index (Phi) is 3.09. The molecule has 0 N–H and O–H groups in total. The third-order valence-electron chi connectivity index (χ3n) is 4.07. The van der Waals surface area contributed by atoms with Crippen molar-refractivity contribution in [3.05, 3.63) is 59.7 Å². The number of nitrogens with zero attached hydrogens (tertiary/aromatic N) is 4. The van der Waals surface area contributed by atoms with Crippen LogP contribution in [-0.2, 0) is 13.5 Å². The number of aromatic nitrogens is 3. The van der Waals surface area contributed by atoms with Crippen molar-refractivity contribution in [3.63, 3.8) is 0 Å². The van der Waals surface area contributed by atoms with Crippen LogP contribution in [0, 0.1) is 11.3 Å². The molecule has 0 spiro atoms. The topological polar surface area (TPSA) is 63.7 Å². The van der Waals surface area contributed by atoms with Crippen molar-refractivity contribution in [2.45, 2.75) is 6.42 Å². The van der Waals surface area contributed by atoms with Crippen molar-refractivity contribution in [1.82, 2.24) is 14.5 Å². The standard InChI is InChI=1S/C18H14N4O/c1-22-11-21-17-4-2-12(8-18(17)22)14-3-5-16-15(14)9-13(10-20-16)23-7-6-19/h2-4,8-11H,5,7H2,1H3. The average Bonchev–Trinajstić information content (AvgIpc) is 3.16. The molecule has 1 aromatic carbocycles. The van der Waals surface area contributed by atoms with Gasteiger partial charge in [0.1, 0.15) is 11.8 Å². The number of aryl methyl sites for hydroxylation is 1. The molecule has 0 amide bonds. The van der Waals surface area contributed by atoms with Crippen molar-refractivity contribution < 1.29 is 4.74 Å². The second kappa shape index (κ2) is 5.25. The first-order chi connectivity index (χ1) is 11.3. The summed E-state index contributed by atoms with van der Waals surface area (Å²) in [6.07, 6.45) is 6.49. The first kappa shape index (κ1) is 13.5. The highest BCUT2D eigenvalue weighted by molar-refractivity contribution is 5.89. The van der Waals surface area contributed by atoms with Gasteiger partial charge in [-0.05, 0) is 29.3 Å². The van der Waals surface area contributed by atoms with Gasteiger partial charge in [-0.1, -0.05) is 12.1 Å². The minimum absolute atomic E-state index is 0.0283. The summed E-state index contributed by atoms with van der Waals surface area (Å²) in [6, 6.07) is 10.2. The van der Waals surface area contributed by atoms with Crippen LogP contribution in [0.25, 0.3) is 16.6 Å². The molecule has 2 heterocycles. The lowest BCUT2D eigenvalue weighted by Crippen LogP contribution is -1.97. The summed E-state index contributed by atoms with van der Waals surface area (Å²) in [5.74, 6) is 0.625. The van der Waals surface area contributed by atoms with E-state index in [-0.39, 0.29) is 6.61 Å². The summed E-state index contributed by atoms with van der Waals surface area (Å²) in [7, 11) is 1.99. The zero-order chi connectivity index (χ0) is 15.8. The highest BCUT2D eigenvalue weighted by Crippen LogP contribution is 2.34. The molecule has 23 heavy (non-hydrogen) atoms. The fourth-order valence-corrected chi connectivity index (χ4v) is 2.94. The highest BCUT2D eigenvalue weighted by Gasteiger charge is 2.18. The third kappa shape index (κ3) is 2.25. The normalized spacial score (nSPS) is 12.8. The molecule has 1 aliphatic rings. The molecule has 0 bridgehead atoms. The molecule has 3 aromatic rings. The van der Waals surface area contributed by atoms with Crippen molar-refractivity contribution >= 4 is 16.6 Å². The number of ether oxygens (including phenoxy) is 1. The monoisotopic (exact) mass is 302 g/mol. The first-order valence-electron chi connectivity index (χ1n) is 7.37. The lowest BCUT2D eigenvalue weighted by Gasteiger charge is -2.09. The highest BCUT2D eigenvalue weighted by atomic mass is 16.5. The van der Waals surface area contributed by atoms with Gasteiger partial charge in [-0.3, -0.25) is 4.98 Å². The molecule has 0 fully saturated rings. The summed E-state index contributed by atoms with van der Waals surface area (Å²) in [5.41, 5.74) is 6.48. The van der Waals surface area contributed by atoms with Gasteiger partial charge in [0.15, 0.2) is 6.61 Å². The number of pyridine rings is 1. The molecule has 0 saturated heterocycles. The number of hydrogen-bond donors (Lipinski definition) is 0. The predicted molar refractivity (Wildman–Crippen MR) is 86.8 cm³/mol. The zero-order valence-corrected chi connectivity index (χ0v) is 12.7. The fraction of sp³-hybridized carbons (Fsp3) is 0.167. The van der Waals surface area contributed by atoms with E-state index in [0.29, 0.717) is 5.75 Å². The molecule has 0 aliphatic heterocycles. The number of fused-ring (bicyclic) bond motifs is 2. The van der Waals surface area contributed by atoms with E-state index in [1.807, 2.05) is 36.1 Å². The molecular weight excluding hydrogens is 288 g/mol. The van der Waals surface area contributed by atoms with Crippen LogP contribution < -0.4 is 4.74 Å². The van der Waals surface area contributed by atoms with E-state index in [2.05, 4.69) is 28.2 Å². The smallest absolute Gasteiger partial charge is 0.174 e. The van der Waals surface area contributed by atoms with E-state index >= 15 is 0 Å². The van der Waals surface area contributed by atoms with Crippen molar-refractivity contribution in [2.24, 2.45) is 7.05 Å². The largest absolute Gasteiger partial charge is 0.477 e. The summed E-state index contributed by atoms with van der Waals surface area (Å²) in [5, 5.41) is 8.64. The van der Waals surface area contributed by atoms with Gasteiger partial charge >= 0.3 is 0 Å². The van der Waals surface area contributed by atoms with E-state index in [1.165, 1.54) is 0 Å². The Morgan fingerprint density at radius 2 is 2.22 bits per heavy atom. The summed E-state index contributed by atoms with van der Waals surface area (Å²) in [4.78, 5) is 8.81. The molecule has 5 heteroatoms. The molecule has 4 rings (SSSR count). The first-order valence-corrected chi connectivity index (χ1v) is 7.37. The minimum Gasteiger partial charge on any atom is -0.477 e. The Morgan fingerprint density at radius 3 is 3.09 bits per heavy atom. The number of benzene rings is 1. The lowest BCUT2D eigenvalue weighted by molar-refractivity contribution is 0.366. The predicted octanol–water partition coefficient (Wildman–Crippen LogP) is 2.86. The van der Waals surface area contributed by atoms with Crippen LogP contribution in [0.3, 0.4) is 0 Å². The second-order valence-electron chi connectivity index (χ2n) is 5.49. The SMILES string of the molecule is Cn1cnc2ccc(C3=CCc4ncc(OCC#N)cc43)cc21. The molecule has 1 aliphatic carbocycles. The molecular formula is C18H14N4O. The van der Waals surface area contributed by atoms with E-state index in [9.17, 15) is 0 Å². The maximum absolute atomic E-state index is 8.64. The minimum atomic E-state index is 0.0283. The van der Waals surface area contributed by atoms with Gasteiger partial charge in [0.2, 0.25) is 0 Å². The third-order valence-corrected chi connectivity index (χ3v) is 4.07. The van der Waals surface area contributed by atoms with Crippen LogP contribution in [-0.4, -0.2) is 21.1 Å². The van der Waals surface area contributed by atoms with E-state index in [0.717, 1.165) is 39.8 Å². The van der Waals surface area contributed by atoms with Gasteiger partial charge in [0, 0.05) is 19.0 Å². The van der Waals surface area contributed by atoms with Crippen LogP contribution in [0.2, 0.25) is 0 Å². The molecule has 0 radical (unpaired) electrons. The van der Waals surface area contributed by atoms with Gasteiger partial charge in [0.05, 0.1) is 29.3 Å². The van der Waals surface area contributed by atoms with Gasteiger partial charge in [-0.15, -0.1) is 0 Å². The maximum Gasteiger partial charge on any atom is 0.174 e. The van der Waals surface area contributed by atoms with Crippen molar-refractivity contribution in [3.8, 4) is 11.8 Å². The fourth-order valence-electron chi connectivity index (χ4n) is 2.94. The molecule has 5 nitrogen and oxygen atoms in total. The van der Waals surface area contributed by atoms with E-state index < -0.39 is 0 Å². The number of nitriles is 1. The molecule has 0 unspecified atom stereocenters. The maximum atomic E-state index is 8.64.